The highest BCUT2D eigenvalue weighted by Crippen LogP contribution is 2.32. The summed E-state index contributed by atoms with van der Waals surface area (Å²) in [5.74, 6) is 0.317. The van der Waals surface area contributed by atoms with Crippen molar-refractivity contribution in [3.05, 3.63) is 23.2 Å². The normalized spacial score (nSPS) is 20.0. The van der Waals surface area contributed by atoms with Gasteiger partial charge in [0.25, 0.3) is 0 Å². The van der Waals surface area contributed by atoms with E-state index in [0.717, 1.165) is 56.9 Å². The van der Waals surface area contributed by atoms with Crippen LogP contribution in [0.3, 0.4) is 0 Å². The van der Waals surface area contributed by atoms with Gasteiger partial charge in [0, 0.05) is 37.1 Å². The van der Waals surface area contributed by atoms with E-state index in [1.807, 2.05) is 18.2 Å². The number of likely N-dealkylation sites (N-methyl/N-ethyl adjacent to an activating group) is 1. The summed E-state index contributed by atoms with van der Waals surface area (Å²) in [7, 11) is 0. The highest BCUT2D eigenvalue weighted by molar-refractivity contribution is 6.31. The van der Waals surface area contributed by atoms with Crippen molar-refractivity contribution in [2.24, 2.45) is 5.92 Å². The fourth-order valence-corrected chi connectivity index (χ4v) is 3.78. The van der Waals surface area contributed by atoms with E-state index in [1.54, 1.807) is 0 Å². The minimum absolute atomic E-state index is 0.151. The zero-order valence-corrected chi connectivity index (χ0v) is 14.6. The second kappa shape index (κ2) is 7.54. The topological polar surface area (TPSA) is 35.6 Å². The van der Waals surface area contributed by atoms with E-state index in [-0.39, 0.29) is 11.8 Å². The summed E-state index contributed by atoms with van der Waals surface area (Å²) in [6, 6.07) is 5.83. The molecule has 1 N–H and O–H groups in total. The Morgan fingerprint density at radius 2 is 1.91 bits per heavy atom. The molecule has 0 aromatic heterocycles. The molecule has 1 amide bonds. The summed E-state index contributed by atoms with van der Waals surface area (Å²) in [5, 5.41) is 3.81. The molecule has 1 saturated carbocycles. The number of carbonyl (C=O) groups excluding carboxylic acids is 1. The van der Waals surface area contributed by atoms with Crippen LogP contribution in [0.4, 0.5) is 11.4 Å². The molecule has 5 heteroatoms. The number of carbonyl (C=O) groups is 1. The predicted octanol–water partition coefficient (Wildman–Crippen LogP) is 3.61. The van der Waals surface area contributed by atoms with Crippen molar-refractivity contribution in [2.75, 3.05) is 42.9 Å². The molecule has 0 unspecified atom stereocenters. The first-order valence-corrected chi connectivity index (χ1v) is 9.13. The number of rotatable bonds is 4. The molecule has 23 heavy (non-hydrogen) atoms. The number of nitrogens with one attached hydrogen (secondary N) is 1. The molecule has 1 aliphatic heterocycles. The first-order valence-electron chi connectivity index (χ1n) is 8.75. The van der Waals surface area contributed by atoms with Crippen LogP contribution in [0.15, 0.2) is 18.2 Å². The van der Waals surface area contributed by atoms with Crippen molar-refractivity contribution in [1.29, 1.82) is 0 Å². The van der Waals surface area contributed by atoms with E-state index in [2.05, 4.69) is 22.0 Å². The van der Waals surface area contributed by atoms with Gasteiger partial charge in [-0.2, -0.15) is 0 Å². The molecule has 0 radical (unpaired) electrons. The first kappa shape index (κ1) is 16.6. The Hall–Kier alpha value is -1.26. The molecule has 1 aromatic rings. The molecular formula is C18H26ClN3O. The number of halogens is 1. The van der Waals surface area contributed by atoms with Crippen LogP contribution in [0.1, 0.15) is 32.6 Å². The fraction of sp³-hybridized carbons (Fsp3) is 0.611. The monoisotopic (exact) mass is 335 g/mol. The number of benzene rings is 1. The van der Waals surface area contributed by atoms with Gasteiger partial charge in [-0.3, -0.25) is 4.79 Å². The molecule has 1 aromatic carbocycles. The van der Waals surface area contributed by atoms with Crippen LogP contribution in [-0.4, -0.2) is 43.5 Å². The van der Waals surface area contributed by atoms with E-state index in [4.69, 9.17) is 11.6 Å². The minimum Gasteiger partial charge on any atom is -0.367 e. The Morgan fingerprint density at radius 3 is 2.57 bits per heavy atom. The van der Waals surface area contributed by atoms with Gasteiger partial charge in [0.1, 0.15) is 0 Å². The standard InChI is InChI=1S/C18H26ClN3O/c1-2-21-9-11-22(12-10-21)17-8-7-15(19)13-16(17)20-18(23)14-5-3-4-6-14/h7-8,13-14H,2-6,9-12H2,1H3,(H,20,23). The van der Waals surface area contributed by atoms with Crippen molar-refractivity contribution in [3.63, 3.8) is 0 Å². The van der Waals surface area contributed by atoms with Crippen molar-refractivity contribution in [1.82, 2.24) is 4.90 Å². The lowest BCUT2D eigenvalue weighted by molar-refractivity contribution is -0.119. The lowest BCUT2D eigenvalue weighted by Gasteiger charge is -2.36. The second-order valence-corrected chi connectivity index (χ2v) is 6.99. The van der Waals surface area contributed by atoms with E-state index >= 15 is 0 Å². The Morgan fingerprint density at radius 1 is 1.22 bits per heavy atom. The molecule has 4 nitrogen and oxygen atoms in total. The molecule has 1 aliphatic carbocycles. The van der Waals surface area contributed by atoms with E-state index in [9.17, 15) is 4.79 Å². The van der Waals surface area contributed by atoms with Crippen molar-refractivity contribution in [3.8, 4) is 0 Å². The van der Waals surface area contributed by atoms with Crippen LogP contribution < -0.4 is 10.2 Å². The molecule has 1 saturated heterocycles. The Labute approximate surface area is 143 Å². The quantitative estimate of drug-likeness (QED) is 0.913. The highest BCUT2D eigenvalue weighted by Gasteiger charge is 2.24. The van der Waals surface area contributed by atoms with E-state index in [1.165, 1.54) is 12.8 Å². The summed E-state index contributed by atoms with van der Waals surface area (Å²) < 4.78 is 0. The largest absolute Gasteiger partial charge is 0.367 e. The first-order chi connectivity index (χ1) is 11.2. The Balaban J connectivity index is 1.74. The maximum atomic E-state index is 12.5. The van der Waals surface area contributed by atoms with Gasteiger partial charge in [0.05, 0.1) is 11.4 Å². The van der Waals surface area contributed by atoms with Crippen LogP contribution >= 0.6 is 11.6 Å². The van der Waals surface area contributed by atoms with E-state index < -0.39 is 0 Å². The Kier molecular flexibility index (Phi) is 5.44. The van der Waals surface area contributed by atoms with Gasteiger partial charge < -0.3 is 15.1 Å². The smallest absolute Gasteiger partial charge is 0.227 e. The predicted molar refractivity (Wildman–Crippen MR) is 96.4 cm³/mol. The maximum Gasteiger partial charge on any atom is 0.227 e. The zero-order chi connectivity index (χ0) is 16.2. The second-order valence-electron chi connectivity index (χ2n) is 6.55. The SMILES string of the molecule is CCN1CCN(c2ccc(Cl)cc2NC(=O)C2CCCC2)CC1. The van der Waals surface area contributed by atoms with Crippen molar-refractivity contribution >= 4 is 28.9 Å². The third-order valence-corrected chi connectivity index (χ3v) is 5.34. The summed E-state index contributed by atoms with van der Waals surface area (Å²) in [5.41, 5.74) is 1.95. The highest BCUT2D eigenvalue weighted by atomic mass is 35.5. The van der Waals surface area contributed by atoms with Gasteiger partial charge in [-0.1, -0.05) is 31.4 Å². The van der Waals surface area contributed by atoms with E-state index in [0.29, 0.717) is 5.02 Å². The number of hydrogen-bond donors (Lipinski definition) is 1. The van der Waals surface area contributed by atoms with Crippen molar-refractivity contribution in [2.45, 2.75) is 32.6 Å². The average molecular weight is 336 g/mol. The molecule has 0 bridgehead atoms. The summed E-state index contributed by atoms with van der Waals surface area (Å²) in [6.45, 7) is 7.40. The molecule has 0 atom stereocenters. The van der Waals surface area contributed by atoms with Crippen LogP contribution in [0, 0.1) is 5.92 Å². The summed E-state index contributed by atoms with van der Waals surface area (Å²) in [6.07, 6.45) is 4.35. The summed E-state index contributed by atoms with van der Waals surface area (Å²) in [4.78, 5) is 17.3. The third-order valence-electron chi connectivity index (χ3n) is 5.10. The lowest BCUT2D eigenvalue weighted by atomic mass is 10.1. The van der Waals surface area contributed by atoms with Crippen LogP contribution in [0.25, 0.3) is 0 Å². The maximum absolute atomic E-state index is 12.5. The zero-order valence-electron chi connectivity index (χ0n) is 13.9. The van der Waals surface area contributed by atoms with Crippen LogP contribution in [0.2, 0.25) is 5.02 Å². The number of piperazine rings is 1. The number of anilines is 2. The molecule has 0 spiro atoms. The lowest BCUT2D eigenvalue weighted by Crippen LogP contribution is -2.46. The molecular weight excluding hydrogens is 310 g/mol. The molecule has 126 valence electrons. The van der Waals surface area contributed by atoms with Gasteiger partial charge >= 0.3 is 0 Å². The number of amides is 1. The fourth-order valence-electron chi connectivity index (χ4n) is 3.61. The average Bonchev–Trinajstić information content (AvgIpc) is 3.10. The number of nitrogens with zero attached hydrogens (tertiary/aromatic N) is 2. The van der Waals surface area contributed by atoms with Gasteiger partial charge in [0.2, 0.25) is 5.91 Å². The Bertz CT molecular complexity index is 549. The summed E-state index contributed by atoms with van der Waals surface area (Å²) >= 11 is 6.17. The molecule has 3 rings (SSSR count). The van der Waals surface area contributed by atoms with Gasteiger partial charge in [-0.05, 0) is 37.6 Å². The van der Waals surface area contributed by atoms with Crippen LogP contribution in [0.5, 0.6) is 0 Å². The number of hydrogen-bond acceptors (Lipinski definition) is 3. The van der Waals surface area contributed by atoms with Gasteiger partial charge in [-0.25, -0.2) is 0 Å². The van der Waals surface area contributed by atoms with Gasteiger partial charge in [0.15, 0.2) is 0 Å². The van der Waals surface area contributed by atoms with Crippen molar-refractivity contribution < 1.29 is 4.79 Å². The van der Waals surface area contributed by atoms with Gasteiger partial charge in [-0.15, -0.1) is 0 Å². The minimum atomic E-state index is 0.151. The molecule has 2 fully saturated rings. The van der Waals surface area contributed by atoms with Crippen LogP contribution in [-0.2, 0) is 4.79 Å². The molecule has 2 aliphatic rings. The third kappa shape index (κ3) is 3.99. The molecule has 1 heterocycles.